The van der Waals surface area contributed by atoms with Gasteiger partial charge in [-0.25, -0.2) is 0 Å². The maximum absolute atomic E-state index is 12.7. The number of hydrogen-bond acceptors (Lipinski definition) is 4. The van der Waals surface area contributed by atoms with Crippen LogP contribution in [0.25, 0.3) is 11.4 Å². The molecule has 3 aromatic rings. The maximum Gasteiger partial charge on any atom is 0.416 e. The minimum Gasteiger partial charge on any atom is -0.486 e. The standard InChI is InChI=1S/C17H15F3N4O/c1-24-15(22-23-16(24)11-5-7-13(21)8-6-11)10-25-14-4-2-3-12(9-14)17(18,19)20/h2-9H,10,21H2,1H3. The number of ether oxygens (including phenoxy) is 1. The molecule has 130 valence electrons. The van der Waals surface area contributed by atoms with Gasteiger partial charge in [-0.3, -0.25) is 0 Å². The minimum atomic E-state index is -4.41. The van der Waals surface area contributed by atoms with E-state index in [-0.39, 0.29) is 12.4 Å². The first-order valence-electron chi connectivity index (χ1n) is 7.39. The molecule has 2 N–H and O–H groups in total. The van der Waals surface area contributed by atoms with Gasteiger partial charge in [0.05, 0.1) is 5.56 Å². The molecule has 0 atom stereocenters. The van der Waals surface area contributed by atoms with Gasteiger partial charge < -0.3 is 15.0 Å². The number of benzene rings is 2. The van der Waals surface area contributed by atoms with Crippen LogP contribution in [-0.2, 0) is 19.8 Å². The summed E-state index contributed by atoms with van der Waals surface area (Å²) < 4.78 is 45.3. The Morgan fingerprint density at radius 3 is 2.48 bits per heavy atom. The van der Waals surface area contributed by atoms with Crippen LogP contribution >= 0.6 is 0 Å². The van der Waals surface area contributed by atoms with Gasteiger partial charge in [0.15, 0.2) is 11.6 Å². The topological polar surface area (TPSA) is 66.0 Å². The van der Waals surface area contributed by atoms with E-state index in [1.165, 1.54) is 12.1 Å². The van der Waals surface area contributed by atoms with Gasteiger partial charge in [0.1, 0.15) is 12.4 Å². The van der Waals surface area contributed by atoms with E-state index in [1.54, 1.807) is 23.7 Å². The van der Waals surface area contributed by atoms with E-state index in [4.69, 9.17) is 10.5 Å². The second-order valence-corrected chi connectivity index (χ2v) is 5.44. The number of rotatable bonds is 4. The molecule has 0 saturated heterocycles. The summed E-state index contributed by atoms with van der Waals surface area (Å²) in [5.74, 6) is 1.22. The van der Waals surface area contributed by atoms with Crippen LogP contribution in [0.4, 0.5) is 18.9 Å². The third kappa shape index (κ3) is 3.73. The molecule has 25 heavy (non-hydrogen) atoms. The third-order valence-corrected chi connectivity index (χ3v) is 3.66. The van der Waals surface area contributed by atoms with E-state index in [0.29, 0.717) is 17.3 Å². The fourth-order valence-electron chi connectivity index (χ4n) is 2.28. The monoisotopic (exact) mass is 348 g/mol. The molecule has 0 aliphatic heterocycles. The van der Waals surface area contributed by atoms with E-state index < -0.39 is 11.7 Å². The predicted molar refractivity (Wildman–Crippen MR) is 86.6 cm³/mol. The summed E-state index contributed by atoms with van der Waals surface area (Å²) in [6, 6.07) is 11.9. The van der Waals surface area contributed by atoms with Crippen LogP contribution in [0.1, 0.15) is 11.4 Å². The molecule has 8 heteroatoms. The molecular formula is C17H15F3N4O. The Morgan fingerprint density at radius 1 is 1.08 bits per heavy atom. The molecule has 0 radical (unpaired) electrons. The number of halogens is 3. The van der Waals surface area contributed by atoms with Crippen LogP contribution in [0.3, 0.4) is 0 Å². The minimum absolute atomic E-state index is 0.000215. The van der Waals surface area contributed by atoms with Crippen LogP contribution in [-0.4, -0.2) is 14.8 Å². The lowest BCUT2D eigenvalue weighted by atomic mass is 10.2. The summed E-state index contributed by atoms with van der Waals surface area (Å²) in [4.78, 5) is 0. The van der Waals surface area contributed by atoms with Crippen molar-refractivity contribution < 1.29 is 17.9 Å². The Morgan fingerprint density at radius 2 is 1.80 bits per heavy atom. The summed E-state index contributed by atoms with van der Waals surface area (Å²) in [5.41, 5.74) is 6.37. The highest BCUT2D eigenvalue weighted by atomic mass is 19.4. The fraction of sp³-hybridized carbons (Fsp3) is 0.176. The highest BCUT2D eigenvalue weighted by Crippen LogP contribution is 2.31. The average molecular weight is 348 g/mol. The van der Waals surface area contributed by atoms with Crippen molar-refractivity contribution in [2.24, 2.45) is 7.05 Å². The number of aromatic nitrogens is 3. The third-order valence-electron chi connectivity index (χ3n) is 3.66. The van der Waals surface area contributed by atoms with E-state index in [0.717, 1.165) is 17.7 Å². The van der Waals surface area contributed by atoms with Crippen molar-refractivity contribution in [1.29, 1.82) is 0 Å². The van der Waals surface area contributed by atoms with Gasteiger partial charge in [-0.05, 0) is 42.5 Å². The Balaban J connectivity index is 1.76. The summed E-state index contributed by atoms with van der Waals surface area (Å²) in [5, 5.41) is 8.13. The maximum atomic E-state index is 12.7. The molecule has 0 unspecified atom stereocenters. The zero-order valence-corrected chi connectivity index (χ0v) is 13.3. The number of nitrogen functional groups attached to an aromatic ring is 1. The number of hydrogen-bond donors (Lipinski definition) is 1. The molecule has 1 aromatic heterocycles. The fourth-order valence-corrected chi connectivity index (χ4v) is 2.28. The smallest absolute Gasteiger partial charge is 0.416 e. The van der Waals surface area contributed by atoms with Crippen LogP contribution in [0.5, 0.6) is 5.75 Å². The number of anilines is 1. The van der Waals surface area contributed by atoms with Crippen LogP contribution in [0.2, 0.25) is 0 Å². The van der Waals surface area contributed by atoms with Gasteiger partial charge in [-0.15, -0.1) is 10.2 Å². The first-order valence-corrected chi connectivity index (χ1v) is 7.39. The molecule has 0 aliphatic carbocycles. The molecule has 0 aliphatic rings. The van der Waals surface area contributed by atoms with Crippen molar-refractivity contribution in [3.8, 4) is 17.1 Å². The second kappa shape index (κ2) is 6.46. The molecule has 0 fully saturated rings. The highest BCUT2D eigenvalue weighted by Gasteiger charge is 2.30. The van der Waals surface area contributed by atoms with Gasteiger partial charge in [0.2, 0.25) is 0 Å². The molecule has 0 saturated carbocycles. The molecule has 0 amide bonds. The van der Waals surface area contributed by atoms with E-state index in [1.807, 2.05) is 12.1 Å². The largest absolute Gasteiger partial charge is 0.486 e. The Hall–Kier alpha value is -3.03. The number of alkyl halides is 3. The van der Waals surface area contributed by atoms with Crippen molar-refractivity contribution in [3.63, 3.8) is 0 Å². The Labute approximate surface area is 141 Å². The van der Waals surface area contributed by atoms with Gasteiger partial charge in [0, 0.05) is 18.3 Å². The van der Waals surface area contributed by atoms with Gasteiger partial charge in [-0.1, -0.05) is 6.07 Å². The molecular weight excluding hydrogens is 333 g/mol. The Bertz CT molecular complexity index is 872. The van der Waals surface area contributed by atoms with E-state index in [9.17, 15) is 13.2 Å². The predicted octanol–water partition coefficient (Wildman–Crippen LogP) is 3.66. The molecule has 0 bridgehead atoms. The van der Waals surface area contributed by atoms with Gasteiger partial charge in [0.25, 0.3) is 0 Å². The van der Waals surface area contributed by atoms with Crippen molar-refractivity contribution >= 4 is 5.69 Å². The first kappa shape index (κ1) is 16.8. The van der Waals surface area contributed by atoms with Gasteiger partial charge in [-0.2, -0.15) is 13.2 Å². The highest BCUT2D eigenvalue weighted by molar-refractivity contribution is 5.58. The second-order valence-electron chi connectivity index (χ2n) is 5.44. The molecule has 2 aromatic carbocycles. The summed E-state index contributed by atoms with van der Waals surface area (Å²) >= 11 is 0. The molecule has 3 rings (SSSR count). The lowest BCUT2D eigenvalue weighted by Crippen LogP contribution is -2.07. The summed E-state index contributed by atoms with van der Waals surface area (Å²) in [7, 11) is 1.76. The SMILES string of the molecule is Cn1c(COc2cccc(C(F)(F)F)c2)nnc1-c1ccc(N)cc1. The summed E-state index contributed by atoms with van der Waals surface area (Å²) in [6.45, 7) is -0.000215. The zero-order valence-electron chi connectivity index (χ0n) is 13.3. The van der Waals surface area contributed by atoms with Crippen molar-refractivity contribution in [3.05, 3.63) is 59.9 Å². The number of nitrogens with zero attached hydrogens (tertiary/aromatic N) is 3. The summed E-state index contributed by atoms with van der Waals surface area (Å²) in [6.07, 6.45) is -4.41. The van der Waals surface area contributed by atoms with Gasteiger partial charge >= 0.3 is 6.18 Å². The zero-order chi connectivity index (χ0) is 18.0. The molecule has 1 heterocycles. The number of nitrogens with two attached hydrogens (primary N) is 1. The average Bonchev–Trinajstić information content (AvgIpc) is 2.94. The first-order chi connectivity index (χ1) is 11.8. The van der Waals surface area contributed by atoms with Crippen molar-refractivity contribution in [2.45, 2.75) is 12.8 Å². The quantitative estimate of drug-likeness (QED) is 0.731. The van der Waals surface area contributed by atoms with Crippen LogP contribution in [0.15, 0.2) is 48.5 Å². The van der Waals surface area contributed by atoms with Crippen molar-refractivity contribution in [1.82, 2.24) is 14.8 Å². The lowest BCUT2D eigenvalue weighted by molar-refractivity contribution is -0.137. The Kier molecular flexibility index (Phi) is 4.35. The molecule has 5 nitrogen and oxygen atoms in total. The van der Waals surface area contributed by atoms with Crippen LogP contribution < -0.4 is 10.5 Å². The van der Waals surface area contributed by atoms with Crippen LogP contribution in [0, 0.1) is 0 Å². The van der Waals surface area contributed by atoms with Crippen molar-refractivity contribution in [2.75, 3.05) is 5.73 Å². The lowest BCUT2D eigenvalue weighted by Gasteiger charge is -2.10. The van der Waals surface area contributed by atoms with E-state index >= 15 is 0 Å². The normalized spacial score (nSPS) is 11.5. The van der Waals surface area contributed by atoms with E-state index in [2.05, 4.69) is 10.2 Å². The molecule has 0 spiro atoms.